The highest BCUT2D eigenvalue weighted by molar-refractivity contribution is 5.81. The summed E-state index contributed by atoms with van der Waals surface area (Å²) in [7, 11) is 0. The van der Waals surface area contributed by atoms with E-state index in [0.29, 0.717) is 37.1 Å². The second kappa shape index (κ2) is 11.6. The number of ether oxygens (including phenoxy) is 1. The molecule has 29 heavy (non-hydrogen) atoms. The number of amides is 1. The van der Waals surface area contributed by atoms with Gasteiger partial charge in [-0.1, -0.05) is 17.7 Å². The molecule has 0 saturated carbocycles. The maximum absolute atomic E-state index is 12.6. The molecule has 1 amide bonds. The number of piperidine rings is 1. The van der Waals surface area contributed by atoms with Crippen molar-refractivity contribution in [1.82, 2.24) is 15.5 Å². The molecule has 1 fully saturated rings. The van der Waals surface area contributed by atoms with Crippen molar-refractivity contribution in [2.75, 3.05) is 19.6 Å². The number of hydrogen-bond donors (Lipinski definition) is 2. The molecule has 8 heteroatoms. The number of carbonyl (C=O) groups is 1. The highest BCUT2D eigenvalue weighted by atomic mass is 19.3. The molecule has 0 aliphatic carbocycles. The summed E-state index contributed by atoms with van der Waals surface area (Å²) in [5.41, 5.74) is 1.52. The molecular formula is C21H32F2N4O2. The van der Waals surface area contributed by atoms with Gasteiger partial charge >= 0.3 is 6.61 Å². The lowest BCUT2D eigenvalue weighted by Crippen LogP contribution is -2.44. The van der Waals surface area contributed by atoms with Crippen molar-refractivity contribution in [2.24, 2.45) is 4.99 Å². The molecule has 1 aromatic rings. The predicted molar refractivity (Wildman–Crippen MR) is 110 cm³/mol. The Labute approximate surface area is 171 Å². The van der Waals surface area contributed by atoms with Crippen LogP contribution in [0.3, 0.4) is 0 Å². The van der Waals surface area contributed by atoms with E-state index >= 15 is 0 Å². The summed E-state index contributed by atoms with van der Waals surface area (Å²) in [6.45, 7) is 5.17. The van der Waals surface area contributed by atoms with E-state index < -0.39 is 6.61 Å². The SMILES string of the molecule is CCNC(=NCc1cc(C)ccc1OC(F)F)NCCC(=O)N1CCCCC1C. The molecule has 1 aromatic carbocycles. The summed E-state index contributed by atoms with van der Waals surface area (Å²) in [5, 5.41) is 6.27. The van der Waals surface area contributed by atoms with E-state index in [1.165, 1.54) is 12.5 Å². The molecule has 6 nitrogen and oxygen atoms in total. The van der Waals surface area contributed by atoms with Gasteiger partial charge in [0, 0.05) is 37.7 Å². The lowest BCUT2D eigenvalue weighted by molar-refractivity contribution is -0.134. The van der Waals surface area contributed by atoms with Gasteiger partial charge in [0.2, 0.25) is 5.91 Å². The van der Waals surface area contributed by atoms with E-state index in [0.717, 1.165) is 24.9 Å². The van der Waals surface area contributed by atoms with E-state index in [2.05, 4.69) is 27.3 Å². The van der Waals surface area contributed by atoms with E-state index in [1.807, 2.05) is 18.7 Å². The third-order valence-electron chi connectivity index (χ3n) is 4.94. The number of aliphatic imine (C=N–C) groups is 1. The normalized spacial score (nSPS) is 17.4. The average Bonchev–Trinajstić information content (AvgIpc) is 2.67. The summed E-state index contributed by atoms with van der Waals surface area (Å²) in [5.74, 6) is 0.808. The topological polar surface area (TPSA) is 66.0 Å². The zero-order chi connectivity index (χ0) is 21.2. The number of aryl methyl sites for hydroxylation is 1. The quantitative estimate of drug-likeness (QED) is 0.509. The largest absolute Gasteiger partial charge is 0.434 e. The highest BCUT2D eigenvalue weighted by Gasteiger charge is 2.22. The van der Waals surface area contributed by atoms with Crippen molar-refractivity contribution in [3.8, 4) is 5.75 Å². The number of alkyl halides is 2. The van der Waals surface area contributed by atoms with Crippen LogP contribution >= 0.6 is 0 Å². The van der Waals surface area contributed by atoms with Crippen LogP contribution in [0.5, 0.6) is 5.75 Å². The average molecular weight is 411 g/mol. The Hall–Kier alpha value is -2.38. The summed E-state index contributed by atoms with van der Waals surface area (Å²) in [6.07, 6.45) is 3.69. The summed E-state index contributed by atoms with van der Waals surface area (Å²) in [4.78, 5) is 18.9. The molecule has 1 unspecified atom stereocenters. The molecule has 0 aromatic heterocycles. The molecule has 0 bridgehead atoms. The zero-order valence-corrected chi connectivity index (χ0v) is 17.5. The molecule has 0 radical (unpaired) electrons. The number of rotatable bonds is 8. The van der Waals surface area contributed by atoms with E-state index in [1.54, 1.807) is 12.1 Å². The summed E-state index contributed by atoms with van der Waals surface area (Å²) < 4.78 is 29.8. The van der Waals surface area contributed by atoms with Crippen LogP contribution in [0.2, 0.25) is 0 Å². The van der Waals surface area contributed by atoms with E-state index in [-0.39, 0.29) is 18.2 Å². The Morgan fingerprint density at radius 1 is 1.34 bits per heavy atom. The van der Waals surface area contributed by atoms with Crippen LogP contribution < -0.4 is 15.4 Å². The molecule has 1 saturated heterocycles. The zero-order valence-electron chi connectivity index (χ0n) is 17.5. The number of likely N-dealkylation sites (tertiary alicyclic amines) is 1. The van der Waals surface area contributed by atoms with Gasteiger partial charge in [0.05, 0.1) is 6.54 Å². The van der Waals surface area contributed by atoms with Gasteiger partial charge in [-0.2, -0.15) is 8.78 Å². The molecule has 0 spiro atoms. The fourth-order valence-electron chi connectivity index (χ4n) is 3.45. The van der Waals surface area contributed by atoms with Crippen LogP contribution in [0.1, 0.15) is 50.7 Å². The van der Waals surface area contributed by atoms with Crippen molar-refractivity contribution >= 4 is 11.9 Å². The maximum atomic E-state index is 12.6. The first-order chi connectivity index (χ1) is 13.9. The second-order valence-corrected chi connectivity index (χ2v) is 7.29. The minimum Gasteiger partial charge on any atom is -0.434 e. The minimum atomic E-state index is -2.88. The van der Waals surface area contributed by atoms with Gasteiger partial charge in [-0.25, -0.2) is 4.99 Å². The third-order valence-corrected chi connectivity index (χ3v) is 4.94. The molecular weight excluding hydrogens is 378 g/mol. The van der Waals surface area contributed by atoms with Crippen molar-refractivity contribution in [3.05, 3.63) is 29.3 Å². The van der Waals surface area contributed by atoms with Crippen LogP contribution in [-0.2, 0) is 11.3 Å². The third kappa shape index (κ3) is 7.51. The van der Waals surface area contributed by atoms with Gasteiger partial charge in [-0.05, 0) is 46.1 Å². The molecule has 2 rings (SSSR count). The number of hydrogen-bond acceptors (Lipinski definition) is 3. The summed E-state index contributed by atoms with van der Waals surface area (Å²) in [6, 6.07) is 5.34. The van der Waals surface area contributed by atoms with Crippen LogP contribution in [0.4, 0.5) is 8.78 Å². The molecule has 1 aliphatic rings. The van der Waals surface area contributed by atoms with E-state index in [9.17, 15) is 13.6 Å². The number of carbonyl (C=O) groups excluding carboxylic acids is 1. The summed E-state index contributed by atoms with van der Waals surface area (Å²) >= 11 is 0. The van der Waals surface area contributed by atoms with Gasteiger partial charge in [0.25, 0.3) is 0 Å². The van der Waals surface area contributed by atoms with Crippen molar-refractivity contribution < 1.29 is 18.3 Å². The fraction of sp³-hybridized carbons (Fsp3) is 0.619. The maximum Gasteiger partial charge on any atom is 0.387 e. The first-order valence-electron chi connectivity index (χ1n) is 10.3. The first kappa shape index (κ1) is 22.9. The molecule has 2 N–H and O–H groups in total. The molecule has 1 heterocycles. The molecule has 1 aliphatic heterocycles. The number of nitrogens with zero attached hydrogens (tertiary/aromatic N) is 2. The smallest absolute Gasteiger partial charge is 0.387 e. The standard InChI is InChI=1S/C21H32F2N4O2/c1-4-24-21(25-11-10-19(28)27-12-6-5-7-16(27)3)26-14-17-13-15(2)8-9-18(17)29-20(22)23/h8-9,13,16,20H,4-7,10-12,14H2,1-3H3,(H2,24,25,26). The lowest BCUT2D eigenvalue weighted by Gasteiger charge is -2.33. The Kier molecular flexibility index (Phi) is 9.15. The van der Waals surface area contributed by atoms with Gasteiger partial charge < -0.3 is 20.3 Å². The van der Waals surface area contributed by atoms with Gasteiger partial charge in [-0.3, -0.25) is 4.79 Å². The van der Waals surface area contributed by atoms with Crippen LogP contribution in [0.25, 0.3) is 0 Å². The van der Waals surface area contributed by atoms with E-state index in [4.69, 9.17) is 0 Å². The minimum absolute atomic E-state index is 0.125. The lowest BCUT2D eigenvalue weighted by atomic mass is 10.0. The number of halogens is 2. The Bertz CT molecular complexity index is 697. The monoisotopic (exact) mass is 410 g/mol. The Morgan fingerprint density at radius 2 is 2.14 bits per heavy atom. The van der Waals surface area contributed by atoms with Crippen LogP contribution in [0, 0.1) is 6.92 Å². The van der Waals surface area contributed by atoms with Crippen molar-refractivity contribution in [2.45, 2.75) is 65.7 Å². The molecule has 162 valence electrons. The van der Waals surface area contributed by atoms with Crippen LogP contribution in [0.15, 0.2) is 23.2 Å². The predicted octanol–water partition coefficient (Wildman–Crippen LogP) is 3.44. The van der Waals surface area contributed by atoms with Gasteiger partial charge in [-0.15, -0.1) is 0 Å². The Balaban J connectivity index is 1.94. The second-order valence-electron chi connectivity index (χ2n) is 7.29. The van der Waals surface area contributed by atoms with Crippen molar-refractivity contribution in [3.63, 3.8) is 0 Å². The highest BCUT2D eigenvalue weighted by Crippen LogP contribution is 2.23. The van der Waals surface area contributed by atoms with Gasteiger partial charge in [0.15, 0.2) is 5.96 Å². The number of guanidine groups is 1. The van der Waals surface area contributed by atoms with Crippen molar-refractivity contribution in [1.29, 1.82) is 0 Å². The fourth-order valence-corrected chi connectivity index (χ4v) is 3.45. The van der Waals surface area contributed by atoms with Crippen LogP contribution in [-0.4, -0.2) is 49.1 Å². The molecule has 1 atom stereocenters. The van der Waals surface area contributed by atoms with Gasteiger partial charge in [0.1, 0.15) is 5.75 Å². The first-order valence-corrected chi connectivity index (χ1v) is 10.3. The number of nitrogens with one attached hydrogen (secondary N) is 2. The Morgan fingerprint density at radius 3 is 2.83 bits per heavy atom. The number of benzene rings is 1.